The largest absolute Gasteiger partial charge is 0.461 e. The predicted octanol–water partition coefficient (Wildman–Crippen LogP) is 4.66. The Morgan fingerprint density at radius 2 is 1.82 bits per heavy atom. The van der Waals surface area contributed by atoms with Gasteiger partial charge in [-0.1, -0.05) is 23.7 Å². The molecule has 4 aromatic rings. The summed E-state index contributed by atoms with van der Waals surface area (Å²) in [6.07, 6.45) is 6.16. The fraction of sp³-hybridized carbons (Fsp3) is 0.208. The van der Waals surface area contributed by atoms with Crippen molar-refractivity contribution in [2.24, 2.45) is 0 Å². The van der Waals surface area contributed by atoms with Crippen LogP contribution in [0.15, 0.2) is 67.4 Å². The summed E-state index contributed by atoms with van der Waals surface area (Å²) in [7, 11) is 0. The highest BCUT2D eigenvalue weighted by Crippen LogP contribution is 2.27. The second-order valence-electron chi connectivity index (χ2n) is 7.72. The van der Waals surface area contributed by atoms with E-state index in [1.54, 1.807) is 29.3 Å². The third kappa shape index (κ3) is 5.35. The Morgan fingerprint density at radius 1 is 1.03 bits per heavy atom. The molecule has 2 heterocycles. The predicted molar refractivity (Wildman–Crippen MR) is 125 cm³/mol. The van der Waals surface area contributed by atoms with Crippen molar-refractivity contribution >= 4 is 17.5 Å². The van der Waals surface area contributed by atoms with Crippen molar-refractivity contribution < 1.29 is 9.53 Å². The second-order valence-corrected chi connectivity index (χ2v) is 8.16. The molecule has 8 nitrogen and oxygen atoms in total. The molecule has 0 saturated carbocycles. The first kappa shape index (κ1) is 22.4. The van der Waals surface area contributed by atoms with E-state index in [1.807, 2.05) is 57.2 Å². The quantitative estimate of drug-likeness (QED) is 0.429. The number of ether oxygens (including phenoxy) is 1. The minimum Gasteiger partial charge on any atom is -0.461 e. The van der Waals surface area contributed by atoms with E-state index < -0.39 is 0 Å². The van der Waals surface area contributed by atoms with Crippen LogP contribution >= 0.6 is 11.6 Å². The number of halogens is 1. The molecular formula is C24H23ClN6O2. The molecule has 4 rings (SSSR count). The number of hydrogen-bond acceptors (Lipinski definition) is 6. The Kier molecular flexibility index (Phi) is 6.65. The lowest BCUT2D eigenvalue weighted by Gasteiger charge is -2.16. The summed E-state index contributed by atoms with van der Waals surface area (Å²) in [5.41, 5.74) is 3.51. The smallest absolute Gasteiger partial charge is 0.319 e. The maximum atomic E-state index is 13.2. The van der Waals surface area contributed by atoms with Gasteiger partial charge in [0.2, 0.25) is 0 Å². The van der Waals surface area contributed by atoms with Crippen molar-refractivity contribution in [3.63, 3.8) is 0 Å². The van der Waals surface area contributed by atoms with Crippen molar-refractivity contribution in [1.29, 1.82) is 0 Å². The number of amides is 1. The molecule has 2 aromatic heterocycles. The Hall–Kier alpha value is -3.78. The van der Waals surface area contributed by atoms with Crippen LogP contribution in [0.4, 0.5) is 0 Å². The lowest BCUT2D eigenvalue weighted by atomic mass is 10.0. The number of aromatic nitrogens is 5. The second kappa shape index (κ2) is 9.79. The molecule has 0 spiro atoms. The molecule has 1 amide bonds. The van der Waals surface area contributed by atoms with E-state index in [2.05, 4.69) is 25.4 Å². The van der Waals surface area contributed by atoms with Gasteiger partial charge in [-0.25, -0.2) is 0 Å². The Balaban J connectivity index is 1.74. The van der Waals surface area contributed by atoms with E-state index in [9.17, 15) is 4.79 Å². The summed E-state index contributed by atoms with van der Waals surface area (Å²) in [5.74, 6) is -0.253. The molecule has 33 heavy (non-hydrogen) atoms. The van der Waals surface area contributed by atoms with Crippen LogP contribution in [0, 0.1) is 0 Å². The third-order valence-corrected chi connectivity index (χ3v) is 5.09. The average Bonchev–Trinajstić information content (AvgIpc) is 3.27. The van der Waals surface area contributed by atoms with E-state index in [1.165, 1.54) is 6.33 Å². The van der Waals surface area contributed by atoms with Crippen molar-refractivity contribution in [2.45, 2.75) is 32.9 Å². The molecule has 0 aliphatic carbocycles. The normalized spacial score (nSPS) is 11.9. The monoisotopic (exact) mass is 462 g/mol. The molecule has 1 unspecified atom stereocenters. The summed E-state index contributed by atoms with van der Waals surface area (Å²) in [4.78, 5) is 25.7. The van der Waals surface area contributed by atoms with Gasteiger partial charge < -0.3 is 10.1 Å². The zero-order chi connectivity index (χ0) is 23.4. The fourth-order valence-electron chi connectivity index (χ4n) is 3.26. The molecule has 1 N–H and O–H groups in total. The zero-order valence-corrected chi connectivity index (χ0v) is 19.2. The van der Waals surface area contributed by atoms with E-state index >= 15 is 0 Å². The first-order chi connectivity index (χ1) is 15.9. The van der Waals surface area contributed by atoms with E-state index in [0.717, 1.165) is 11.1 Å². The van der Waals surface area contributed by atoms with Gasteiger partial charge in [0.05, 0.1) is 29.7 Å². The number of benzene rings is 2. The van der Waals surface area contributed by atoms with Gasteiger partial charge in [-0.2, -0.15) is 14.8 Å². The van der Waals surface area contributed by atoms with Crippen molar-refractivity contribution in [3.8, 4) is 22.8 Å². The zero-order valence-electron chi connectivity index (χ0n) is 18.4. The molecular weight excluding hydrogens is 440 g/mol. The Labute approximate surface area is 196 Å². The molecule has 2 aromatic carbocycles. The van der Waals surface area contributed by atoms with E-state index in [0.29, 0.717) is 28.0 Å². The topological polar surface area (TPSA) is 94.8 Å². The van der Waals surface area contributed by atoms with E-state index in [4.69, 9.17) is 16.3 Å². The number of carbonyl (C=O) groups excluding carboxylic acids is 1. The van der Waals surface area contributed by atoms with Crippen molar-refractivity contribution in [2.75, 3.05) is 0 Å². The minimum atomic E-state index is -0.319. The molecule has 0 aliphatic heterocycles. The lowest BCUT2D eigenvalue weighted by Crippen LogP contribution is -2.27. The number of nitrogens with zero attached hydrogens (tertiary/aromatic N) is 5. The van der Waals surface area contributed by atoms with Crippen LogP contribution in [0.25, 0.3) is 16.8 Å². The first-order valence-electron chi connectivity index (χ1n) is 10.5. The Bertz CT molecular complexity index is 1240. The molecule has 168 valence electrons. The lowest BCUT2D eigenvalue weighted by molar-refractivity contribution is 0.0939. The van der Waals surface area contributed by atoms with E-state index in [-0.39, 0.29) is 18.1 Å². The highest BCUT2D eigenvalue weighted by Gasteiger charge is 2.17. The minimum absolute atomic E-state index is 0.0806. The molecule has 0 fully saturated rings. The number of hydrogen-bond donors (Lipinski definition) is 1. The van der Waals surface area contributed by atoms with Gasteiger partial charge in [-0.05, 0) is 62.2 Å². The molecule has 1 atom stereocenters. The highest BCUT2D eigenvalue weighted by molar-refractivity contribution is 6.30. The number of rotatable bonds is 7. The number of nitrogens with one attached hydrogen (secondary N) is 1. The van der Waals surface area contributed by atoms with Gasteiger partial charge in [0, 0.05) is 23.0 Å². The van der Waals surface area contributed by atoms with Crippen LogP contribution in [0.2, 0.25) is 5.02 Å². The summed E-state index contributed by atoms with van der Waals surface area (Å²) >= 11 is 6.06. The van der Waals surface area contributed by atoms with Crippen LogP contribution in [0.1, 0.15) is 42.9 Å². The van der Waals surface area contributed by atoms with Gasteiger partial charge in [-0.15, -0.1) is 0 Å². The van der Waals surface area contributed by atoms with Gasteiger partial charge >= 0.3 is 6.01 Å². The maximum absolute atomic E-state index is 13.2. The standard InChI is InChI=1S/C24H23ClN6O2/c1-15(2)33-24-28-14-29-31(24)21-11-18(17-4-6-20(25)7-5-17)10-19(12-21)23(32)30-16(3)22-13-26-8-9-27-22/h4-16H,1-3H3,(H,30,32). The SMILES string of the molecule is CC(C)Oc1ncnn1-c1cc(C(=O)NC(C)c2cnccn2)cc(-c2ccc(Cl)cc2)c1. The van der Waals surface area contributed by atoms with Gasteiger partial charge in [0.25, 0.3) is 5.91 Å². The van der Waals surface area contributed by atoms with Gasteiger partial charge in [-0.3, -0.25) is 14.8 Å². The van der Waals surface area contributed by atoms with Crippen molar-refractivity contribution in [3.05, 3.63) is 83.7 Å². The fourth-order valence-corrected chi connectivity index (χ4v) is 3.39. The molecule has 0 radical (unpaired) electrons. The third-order valence-electron chi connectivity index (χ3n) is 4.83. The van der Waals surface area contributed by atoms with Gasteiger partial charge in [0.15, 0.2) is 0 Å². The van der Waals surface area contributed by atoms with Crippen molar-refractivity contribution in [1.82, 2.24) is 30.0 Å². The van der Waals surface area contributed by atoms with Crippen LogP contribution in [-0.2, 0) is 0 Å². The summed E-state index contributed by atoms with van der Waals surface area (Å²) in [6, 6.07) is 12.9. The van der Waals surface area contributed by atoms with Gasteiger partial charge in [0.1, 0.15) is 6.33 Å². The maximum Gasteiger partial charge on any atom is 0.319 e. The van der Waals surface area contributed by atoms with Crippen LogP contribution in [-0.4, -0.2) is 36.7 Å². The number of carbonyl (C=O) groups is 1. The molecule has 0 bridgehead atoms. The summed E-state index contributed by atoms with van der Waals surface area (Å²) in [6.45, 7) is 5.68. The Morgan fingerprint density at radius 3 is 2.52 bits per heavy atom. The highest BCUT2D eigenvalue weighted by atomic mass is 35.5. The van der Waals surface area contributed by atoms with Crippen LogP contribution in [0.3, 0.4) is 0 Å². The average molecular weight is 463 g/mol. The summed E-state index contributed by atoms with van der Waals surface area (Å²) in [5, 5.41) is 7.92. The van der Waals surface area contributed by atoms with Crippen LogP contribution in [0.5, 0.6) is 6.01 Å². The molecule has 9 heteroatoms. The van der Waals surface area contributed by atoms with Crippen LogP contribution < -0.4 is 10.1 Å². The summed E-state index contributed by atoms with van der Waals surface area (Å²) < 4.78 is 7.35. The first-order valence-corrected chi connectivity index (χ1v) is 10.8. The molecule has 0 aliphatic rings. The molecule has 0 saturated heterocycles.